The summed E-state index contributed by atoms with van der Waals surface area (Å²) in [5.41, 5.74) is 0. The molecule has 1 aliphatic heterocycles. The Morgan fingerprint density at radius 1 is 1.30 bits per heavy atom. The van der Waals surface area contributed by atoms with E-state index in [2.05, 4.69) is 4.72 Å². The highest BCUT2D eigenvalue weighted by Gasteiger charge is 2.35. The van der Waals surface area contributed by atoms with Gasteiger partial charge in [-0.15, -0.1) is 0 Å². The molecule has 2 rings (SSSR count). The van der Waals surface area contributed by atoms with Crippen LogP contribution in [0.1, 0.15) is 19.3 Å². The molecule has 0 aromatic heterocycles. The van der Waals surface area contributed by atoms with Crippen molar-refractivity contribution in [1.82, 2.24) is 4.72 Å². The fourth-order valence-electron chi connectivity index (χ4n) is 1.95. The third kappa shape index (κ3) is 1.06. The molecule has 58 valence electrons. The largest absolute Gasteiger partial charge is 0.212 e. The van der Waals surface area contributed by atoms with E-state index in [-0.39, 0.29) is 6.04 Å². The van der Waals surface area contributed by atoms with Crippen LogP contribution >= 0.6 is 0 Å². The lowest BCUT2D eigenvalue weighted by Gasteiger charge is -2.19. The molecule has 2 fully saturated rings. The summed E-state index contributed by atoms with van der Waals surface area (Å²) in [6, 6.07) is 0.267. The molecule has 2 bridgehead atoms. The summed E-state index contributed by atoms with van der Waals surface area (Å²) in [7, 11) is -2.87. The molecule has 4 heteroatoms. The van der Waals surface area contributed by atoms with Crippen molar-refractivity contribution in [1.29, 1.82) is 0 Å². The fraction of sp³-hybridized carbons (Fsp3) is 1.00. The van der Waals surface area contributed by atoms with Crippen LogP contribution in [0.2, 0.25) is 0 Å². The summed E-state index contributed by atoms with van der Waals surface area (Å²) in [6.07, 6.45) is 3.21. The average Bonchev–Trinajstić information content (AvgIpc) is 2.08. The van der Waals surface area contributed by atoms with Crippen molar-refractivity contribution in [2.24, 2.45) is 5.92 Å². The molecule has 0 aromatic carbocycles. The SMILES string of the molecule is O=S1(=O)CC2CCC(C2)N1. The first-order chi connectivity index (χ1) is 4.66. The zero-order valence-corrected chi connectivity index (χ0v) is 6.52. The van der Waals surface area contributed by atoms with E-state index in [0.29, 0.717) is 11.7 Å². The Hall–Kier alpha value is -0.0900. The Morgan fingerprint density at radius 2 is 2.10 bits per heavy atom. The maximum Gasteiger partial charge on any atom is 0.212 e. The molecule has 0 aromatic rings. The van der Waals surface area contributed by atoms with Gasteiger partial charge in [0, 0.05) is 6.04 Å². The quantitative estimate of drug-likeness (QED) is 0.547. The van der Waals surface area contributed by atoms with Gasteiger partial charge in [-0.3, -0.25) is 0 Å². The van der Waals surface area contributed by atoms with Gasteiger partial charge in [0.2, 0.25) is 10.0 Å². The summed E-state index contributed by atoms with van der Waals surface area (Å²) >= 11 is 0. The number of hydrogen-bond acceptors (Lipinski definition) is 2. The molecule has 1 saturated heterocycles. The number of fused-ring (bicyclic) bond motifs is 2. The number of rotatable bonds is 0. The van der Waals surface area contributed by atoms with Crippen LogP contribution in [-0.2, 0) is 10.0 Å². The van der Waals surface area contributed by atoms with Gasteiger partial charge >= 0.3 is 0 Å². The second-order valence-electron chi connectivity index (χ2n) is 3.28. The Bertz CT molecular complexity index is 216. The summed E-state index contributed by atoms with van der Waals surface area (Å²) in [5, 5.41) is 0. The van der Waals surface area contributed by atoms with E-state index >= 15 is 0 Å². The molecule has 1 aliphatic carbocycles. The summed E-state index contributed by atoms with van der Waals surface area (Å²) in [5.74, 6) is 0.819. The van der Waals surface area contributed by atoms with Crippen molar-refractivity contribution >= 4 is 10.0 Å². The average molecular weight is 161 g/mol. The topological polar surface area (TPSA) is 46.2 Å². The standard InChI is InChI=1S/C6H11NO2S/c8-10(9)4-5-1-2-6(3-5)7-10/h5-7H,1-4H2. The first-order valence-corrected chi connectivity index (χ1v) is 5.31. The van der Waals surface area contributed by atoms with Crippen molar-refractivity contribution < 1.29 is 8.42 Å². The maximum absolute atomic E-state index is 11.0. The minimum Gasteiger partial charge on any atom is -0.212 e. The first kappa shape index (κ1) is 6.61. The monoisotopic (exact) mass is 161 g/mol. The molecule has 2 atom stereocenters. The zero-order chi connectivity index (χ0) is 7.19. The molecule has 1 heterocycles. The molecule has 2 aliphatic rings. The normalized spacial score (nSPS) is 43.6. The molecule has 3 nitrogen and oxygen atoms in total. The number of hydrogen-bond donors (Lipinski definition) is 1. The Morgan fingerprint density at radius 3 is 2.80 bits per heavy atom. The number of nitrogens with one attached hydrogen (secondary N) is 1. The van der Waals surface area contributed by atoms with Crippen LogP contribution in [0.5, 0.6) is 0 Å². The predicted molar refractivity (Wildman–Crippen MR) is 38.1 cm³/mol. The predicted octanol–water partition coefficient (Wildman–Crippen LogP) is 0.0881. The van der Waals surface area contributed by atoms with Crippen LogP contribution in [0.15, 0.2) is 0 Å². The molecule has 10 heavy (non-hydrogen) atoms. The molecule has 0 spiro atoms. The van der Waals surface area contributed by atoms with Gasteiger partial charge in [0.25, 0.3) is 0 Å². The van der Waals surface area contributed by atoms with Crippen LogP contribution in [0.25, 0.3) is 0 Å². The van der Waals surface area contributed by atoms with Gasteiger partial charge in [-0.1, -0.05) is 0 Å². The lowest BCUT2D eigenvalue weighted by atomic mass is 10.1. The smallest absolute Gasteiger partial charge is 0.212 e. The molecule has 2 unspecified atom stereocenters. The Kier molecular flexibility index (Phi) is 1.29. The van der Waals surface area contributed by atoms with E-state index in [0.717, 1.165) is 19.3 Å². The van der Waals surface area contributed by atoms with Gasteiger partial charge < -0.3 is 0 Å². The van der Waals surface area contributed by atoms with Gasteiger partial charge in [0.1, 0.15) is 0 Å². The summed E-state index contributed by atoms with van der Waals surface area (Å²) in [6.45, 7) is 0. The molecule has 1 N–H and O–H groups in total. The second-order valence-corrected chi connectivity index (χ2v) is 5.07. The third-order valence-corrected chi connectivity index (χ3v) is 3.95. The molecule has 0 amide bonds. The van der Waals surface area contributed by atoms with E-state index in [1.54, 1.807) is 0 Å². The van der Waals surface area contributed by atoms with Gasteiger partial charge in [-0.25, -0.2) is 13.1 Å². The van der Waals surface area contributed by atoms with Crippen molar-refractivity contribution in [3.05, 3.63) is 0 Å². The van der Waals surface area contributed by atoms with E-state index in [4.69, 9.17) is 0 Å². The highest BCUT2D eigenvalue weighted by Crippen LogP contribution is 2.30. The van der Waals surface area contributed by atoms with Gasteiger partial charge in [0.15, 0.2) is 0 Å². The van der Waals surface area contributed by atoms with Crippen LogP contribution in [0, 0.1) is 5.92 Å². The van der Waals surface area contributed by atoms with Crippen LogP contribution in [0.4, 0.5) is 0 Å². The Labute approximate surface area is 60.9 Å². The van der Waals surface area contributed by atoms with Crippen molar-refractivity contribution in [3.63, 3.8) is 0 Å². The van der Waals surface area contributed by atoms with Crippen molar-refractivity contribution in [2.75, 3.05) is 5.75 Å². The fourth-order valence-corrected chi connectivity index (χ4v) is 3.69. The summed E-state index contributed by atoms with van der Waals surface area (Å²) in [4.78, 5) is 0. The highest BCUT2D eigenvalue weighted by atomic mass is 32.2. The molecular formula is C6H11NO2S. The summed E-state index contributed by atoms with van der Waals surface area (Å²) < 4.78 is 24.7. The first-order valence-electron chi connectivity index (χ1n) is 3.66. The third-order valence-electron chi connectivity index (χ3n) is 2.34. The molecule has 1 saturated carbocycles. The van der Waals surface area contributed by atoms with E-state index in [1.807, 2.05) is 0 Å². The zero-order valence-electron chi connectivity index (χ0n) is 5.71. The van der Waals surface area contributed by atoms with Crippen molar-refractivity contribution in [3.8, 4) is 0 Å². The van der Waals surface area contributed by atoms with E-state index in [9.17, 15) is 8.42 Å². The van der Waals surface area contributed by atoms with Gasteiger partial charge in [-0.05, 0) is 25.2 Å². The van der Waals surface area contributed by atoms with Crippen LogP contribution < -0.4 is 4.72 Å². The van der Waals surface area contributed by atoms with E-state index in [1.165, 1.54) is 0 Å². The lowest BCUT2D eigenvalue weighted by Crippen LogP contribution is -2.39. The van der Waals surface area contributed by atoms with Gasteiger partial charge in [0.05, 0.1) is 5.75 Å². The second kappa shape index (κ2) is 1.95. The molecule has 0 radical (unpaired) electrons. The lowest BCUT2D eigenvalue weighted by molar-refractivity contribution is 0.497. The minimum absolute atomic E-state index is 0.267. The molecular weight excluding hydrogens is 150 g/mol. The number of sulfonamides is 1. The van der Waals surface area contributed by atoms with Crippen molar-refractivity contribution in [2.45, 2.75) is 25.3 Å². The van der Waals surface area contributed by atoms with Crippen LogP contribution in [0.3, 0.4) is 0 Å². The van der Waals surface area contributed by atoms with E-state index < -0.39 is 10.0 Å². The van der Waals surface area contributed by atoms with Crippen LogP contribution in [-0.4, -0.2) is 20.2 Å². The van der Waals surface area contributed by atoms with Gasteiger partial charge in [-0.2, -0.15) is 0 Å². The maximum atomic E-state index is 11.0. The highest BCUT2D eigenvalue weighted by molar-refractivity contribution is 7.89. The Balaban J connectivity index is 2.25. The minimum atomic E-state index is -2.87.